The number of carbonyl (C=O) groups is 2. The van der Waals surface area contributed by atoms with E-state index in [0.29, 0.717) is 22.2 Å². The summed E-state index contributed by atoms with van der Waals surface area (Å²) in [5, 5.41) is 0.634. The minimum Gasteiger partial charge on any atom is -0.267 e. The van der Waals surface area contributed by atoms with Crippen LogP contribution in [0.3, 0.4) is 0 Å². The number of hydrogen-bond acceptors (Lipinski definition) is 5. The van der Waals surface area contributed by atoms with E-state index in [-0.39, 0.29) is 10.5 Å². The van der Waals surface area contributed by atoms with Gasteiger partial charge in [-0.05, 0) is 37.3 Å². The predicted molar refractivity (Wildman–Crippen MR) is 134 cm³/mol. The number of nitrogens with zero attached hydrogens (tertiary/aromatic N) is 2. The van der Waals surface area contributed by atoms with E-state index in [0.717, 1.165) is 15.4 Å². The van der Waals surface area contributed by atoms with Gasteiger partial charge in [0, 0.05) is 30.6 Å². The third kappa shape index (κ3) is 5.06. The van der Waals surface area contributed by atoms with Crippen LogP contribution in [0.4, 0.5) is 0 Å². The highest BCUT2D eigenvalue weighted by Gasteiger charge is 2.19. The van der Waals surface area contributed by atoms with Crippen molar-refractivity contribution in [1.29, 1.82) is 0 Å². The number of rotatable bonds is 5. The molecule has 1 heterocycles. The molecule has 0 unspecified atom stereocenters. The smallest absolute Gasteiger partial charge is 0.267 e. The highest BCUT2D eigenvalue weighted by Crippen LogP contribution is 2.25. The fourth-order valence-electron chi connectivity index (χ4n) is 3.50. The van der Waals surface area contributed by atoms with Crippen molar-refractivity contribution in [1.82, 2.24) is 20.1 Å². The van der Waals surface area contributed by atoms with Crippen molar-refractivity contribution < 1.29 is 18.0 Å². The SMILES string of the molecule is Cc1ccc(-c2cc(C(=O)NNC(=O)c3cccc(S(=O)(=O)N(C)C)c3)c3ccccc3n2)cc1. The molecule has 0 fully saturated rings. The standard InChI is InChI=1S/C26H24N4O4S/c1-17-11-13-18(14-12-17)24-16-22(21-9-4-5-10-23(21)27-24)26(32)29-28-25(31)19-7-6-8-20(15-19)35(33,34)30(2)3/h4-16H,1-3H3,(H,28,31)(H,29,32). The van der Waals surface area contributed by atoms with Gasteiger partial charge in [-0.3, -0.25) is 20.4 Å². The lowest BCUT2D eigenvalue weighted by molar-refractivity contribution is 0.0847. The van der Waals surface area contributed by atoms with Gasteiger partial charge in [0.2, 0.25) is 10.0 Å². The molecule has 0 aliphatic heterocycles. The Morgan fingerprint density at radius 3 is 2.23 bits per heavy atom. The van der Waals surface area contributed by atoms with Crippen LogP contribution in [0.5, 0.6) is 0 Å². The summed E-state index contributed by atoms with van der Waals surface area (Å²) < 4.78 is 25.8. The van der Waals surface area contributed by atoms with Gasteiger partial charge in [0.15, 0.2) is 0 Å². The second-order valence-electron chi connectivity index (χ2n) is 8.16. The van der Waals surface area contributed by atoms with E-state index in [2.05, 4.69) is 15.8 Å². The van der Waals surface area contributed by atoms with Crippen molar-refractivity contribution in [2.24, 2.45) is 0 Å². The number of benzene rings is 3. The molecule has 0 atom stereocenters. The number of carbonyl (C=O) groups excluding carboxylic acids is 2. The molecule has 0 saturated heterocycles. The van der Waals surface area contributed by atoms with Crippen LogP contribution in [0, 0.1) is 6.92 Å². The van der Waals surface area contributed by atoms with Gasteiger partial charge < -0.3 is 0 Å². The minimum absolute atomic E-state index is 0.0238. The quantitative estimate of drug-likeness (QED) is 0.418. The Kier molecular flexibility index (Phi) is 6.63. The summed E-state index contributed by atoms with van der Waals surface area (Å²) in [5.74, 6) is -1.17. The molecule has 9 heteroatoms. The average molecular weight is 489 g/mol. The highest BCUT2D eigenvalue weighted by atomic mass is 32.2. The van der Waals surface area contributed by atoms with Crippen LogP contribution < -0.4 is 10.9 Å². The van der Waals surface area contributed by atoms with E-state index in [1.165, 1.54) is 38.4 Å². The predicted octanol–water partition coefficient (Wildman–Crippen LogP) is 3.54. The maximum absolute atomic E-state index is 13.1. The molecule has 0 aliphatic rings. The molecule has 0 bridgehead atoms. The molecule has 4 rings (SSSR count). The molecule has 1 aromatic heterocycles. The first kappa shape index (κ1) is 24.1. The molecule has 0 aliphatic carbocycles. The number of hydrazine groups is 1. The average Bonchev–Trinajstić information content (AvgIpc) is 2.86. The summed E-state index contributed by atoms with van der Waals surface area (Å²) in [6, 6.07) is 22.3. The van der Waals surface area contributed by atoms with Gasteiger partial charge >= 0.3 is 0 Å². The number of para-hydroxylation sites is 1. The zero-order valence-corrected chi connectivity index (χ0v) is 20.3. The number of pyridine rings is 1. The third-order valence-corrected chi connectivity index (χ3v) is 7.28. The molecule has 35 heavy (non-hydrogen) atoms. The van der Waals surface area contributed by atoms with Crippen molar-refractivity contribution in [2.75, 3.05) is 14.1 Å². The molecule has 8 nitrogen and oxygen atoms in total. The number of nitrogens with one attached hydrogen (secondary N) is 2. The molecular formula is C26H24N4O4S. The van der Waals surface area contributed by atoms with Gasteiger partial charge in [0.05, 0.1) is 21.7 Å². The van der Waals surface area contributed by atoms with Gasteiger partial charge in [0.1, 0.15) is 0 Å². The fraction of sp³-hybridized carbons (Fsp3) is 0.115. The Morgan fingerprint density at radius 2 is 1.51 bits per heavy atom. The van der Waals surface area contributed by atoms with Crippen LogP contribution in [0.25, 0.3) is 22.2 Å². The lowest BCUT2D eigenvalue weighted by Crippen LogP contribution is -2.41. The monoisotopic (exact) mass is 488 g/mol. The summed E-state index contributed by atoms with van der Waals surface area (Å²) in [5.41, 5.74) is 8.47. The van der Waals surface area contributed by atoms with Crippen molar-refractivity contribution in [3.8, 4) is 11.3 Å². The molecule has 0 saturated carbocycles. The van der Waals surface area contributed by atoms with Gasteiger partial charge in [0.25, 0.3) is 11.8 Å². The summed E-state index contributed by atoms with van der Waals surface area (Å²) >= 11 is 0. The lowest BCUT2D eigenvalue weighted by atomic mass is 10.0. The molecule has 178 valence electrons. The van der Waals surface area contributed by atoms with Crippen LogP contribution in [-0.4, -0.2) is 43.6 Å². The van der Waals surface area contributed by atoms with Crippen LogP contribution in [0.15, 0.2) is 83.8 Å². The first-order chi connectivity index (χ1) is 16.7. The molecule has 2 amide bonds. The number of aromatic nitrogens is 1. The van der Waals surface area contributed by atoms with Crippen LogP contribution in [0.1, 0.15) is 26.3 Å². The van der Waals surface area contributed by atoms with E-state index in [4.69, 9.17) is 0 Å². The van der Waals surface area contributed by atoms with Crippen LogP contribution >= 0.6 is 0 Å². The van der Waals surface area contributed by atoms with Crippen LogP contribution in [0.2, 0.25) is 0 Å². The van der Waals surface area contributed by atoms with E-state index < -0.39 is 21.8 Å². The normalized spacial score (nSPS) is 11.4. The van der Waals surface area contributed by atoms with E-state index in [9.17, 15) is 18.0 Å². The second-order valence-corrected chi connectivity index (χ2v) is 10.3. The van der Waals surface area contributed by atoms with Crippen LogP contribution in [-0.2, 0) is 10.0 Å². The molecular weight excluding hydrogens is 464 g/mol. The Morgan fingerprint density at radius 1 is 0.829 bits per heavy atom. The molecule has 0 spiro atoms. The van der Waals surface area contributed by atoms with Crippen molar-refractivity contribution in [3.63, 3.8) is 0 Å². The molecule has 3 aromatic carbocycles. The minimum atomic E-state index is -3.71. The van der Waals surface area contributed by atoms with Gasteiger partial charge in [-0.15, -0.1) is 0 Å². The maximum Gasteiger partial charge on any atom is 0.270 e. The zero-order chi connectivity index (χ0) is 25.2. The first-order valence-electron chi connectivity index (χ1n) is 10.8. The fourth-order valence-corrected chi connectivity index (χ4v) is 4.45. The number of aryl methyl sites for hydroxylation is 1. The topological polar surface area (TPSA) is 108 Å². The van der Waals surface area contributed by atoms with Gasteiger partial charge in [-0.1, -0.05) is 54.1 Å². The van der Waals surface area contributed by atoms with Gasteiger partial charge in [-0.2, -0.15) is 0 Å². The lowest BCUT2D eigenvalue weighted by Gasteiger charge is -2.13. The van der Waals surface area contributed by atoms with Crippen molar-refractivity contribution >= 4 is 32.7 Å². The largest absolute Gasteiger partial charge is 0.270 e. The van der Waals surface area contributed by atoms with E-state index in [1.807, 2.05) is 49.4 Å². The summed E-state index contributed by atoms with van der Waals surface area (Å²) in [6.45, 7) is 1.99. The Hall–Kier alpha value is -4.08. The Balaban J connectivity index is 1.60. The summed E-state index contributed by atoms with van der Waals surface area (Å²) in [7, 11) is -0.888. The molecule has 4 aromatic rings. The number of fused-ring (bicyclic) bond motifs is 1. The Labute approximate surface area is 203 Å². The molecule has 0 radical (unpaired) electrons. The second kappa shape index (κ2) is 9.65. The first-order valence-corrected chi connectivity index (χ1v) is 12.2. The van der Waals surface area contributed by atoms with E-state index >= 15 is 0 Å². The number of amides is 2. The summed E-state index contributed by atoms with van der Waals surface area (Å²) in [6.07, 6.45) is 0. The molecule has 2 N–H and O–H groups in total. The van der Waals surface area contributed by atoms with Gasteiger partial charge in [-0.25, -0.2) is 17.7 Å². The third-order valence-electron chi connectivity index (χ3n) is 5.47. The maximum atomic E-state index is 13.1. The van der Waals surface area contributed by atoms with Crippen molar-refractivity contribution in [2.45, 2.75) is 11.8 Å². The van der Waals surface area contributed by atoms with E-state index in [1.54, 1.807) is 12.1 Å². The van der Waals surface area contributed by atoms with Crippen molar-refractivity contribution in [3.05, 3.63) is 95.6 Å². The zero-order valence-electron chi connectivity index (χ0n) is 19.4. The highest BCUT2D eigenvalue weighted by molar-refractivity contribution is 7.89. The number of hydrogen-bond donors (Lipinski definition) is 2. The summed E-state index contributed by atoms with van der Waals surface area (Å²) in [4.78, 5) is 30.4. The Bertz CT molecular complexity index is 1530. The number of sulfonamides is 1.